The molecule has 0 saturated heterocycles. The summed E-state index contributed by atoms with van der Waals surface area (Å²) in [4.78, 5) is 12.4. The van der Waals surface area contributed by atoms with Gasteiger partial charge >= 0.3 is 5.97 Å². The number of ether oxygens (including phenoxy) is 1. The van der Waals surface area contributed by atoms with Gasteiger partial charge in [-0.3, -0.25) is 0 Å². The van der Waals surface area contributed by atoms with Gasteiger partial charge < -0.3 is 33.2 Å². The SMILES string of the molecule is CCCCCCCC[N+](C)(CCCCCCCC)CC(=O)OC(C)(C)C.[I-]. The number of nitrogens with zero attached hydrogens (tertiary/aromatic N) is 1. The van der Waals surface area contributed by atoms with Crippen LogP contribution in [0.5, 0.6) is 0 Å². The highest BCUT2D eigenvalue weighted by Gasteiger charge is 2.28. The van der Waals surface area contributed by atoms with Crippen LogP contribution in [-0.4, -0.2) is 42.7 Å². The summed E-state index contributed by atoms with van der Waals surface area (Å²) in [5.41, 5.74) is -0.387. The molecule has 0 aromatic heterocycles. The number of carbonyl (C=O) groups is 1. The molecule has 0 aromatic rings. The van der Waals surface area contributed by atoms with Crippen molar-refractivity contribution in [1.29, 1.82) is 0 Å². The van der Waals surface area contributed by atoms with E-state index >= 15 is 0 Å². The third kappa shape index (κ3) is 19.3. The van der Waals surface area contributed by atoms with Gasteiger partial charge in [-0.1, -0.05) is 65.2 Å². The van der Waals surface area contributed by atoms with Crippen molar-refractivity contribution in [2.45, 2.75) is 117 Å². The highest BCUT2D eigenvalue weighted by atomic mass is 127. The molecule has 0 amide bonds. The average molecular weight is 498 g/mol. The molecule has 0 spiro atoms. The van der Waals surface area contributed by atoms with Gasteiger partial charge in [0.2, 0.25) is 0 Å². The molecule has 0 unspecified atom stereocenters. The minimum atomic E-state index is -0.387. The van der Waals surface area contributed by atoms with Crippen LogP contribution in [-0.2, 0) is 9.53 Å². The standard InChI is InChI=1S/C23H48NO2.HI/c1-7-9-11-13-15-17-19-24(6,20-18-16-14-12-10-8-2)21-22(25)26-23(3,4)5;/h7-21H2,1-6H3;1H/q+1;/p-1. The van der Waals surface area contributed by atoms with Crippen molar-refractivity contribution in [3.63, 3.8) is 0 Å². The summed E-state index contributed by atoms with van der Waals surface area (Å²) in [7, 11) is 2.25. The van der Waals surface area contributed by atoms with Crippen molar-refractivity contribution in [2.24, 2.45) is 0 Å². The van der Waals surface area contributed by atoms with Gasteiger partial charge in [-0.05, 0) is 46.5 Å². The molecule has 4 heteroatoms. The highest BCUT2D eigenvalue weighted by molar-refractivity contribution is 5.71. The molecule has 3 nitrogen and oxygen atoms in total. The maximum Gasteiger partial charge on any atom is 0.362 e. The smallest absolute Gasteiger partial charge is 0.362 e. The number of halogens is 1. The Morgan fingerprint density at radius 1 is 0.741 bits per heavy atom. The van der Waals surface area contributed by atoms with E-state index in [4.69, 9.17) is 4.74 Å². The van der Waals surface area contributed by atoms with Crippen LogP contribution in [0.15, 0.2) is 0 Å². The molecule has 0 bridgehead atoms. The molecule has 0 fully saturated rings. The molecule has 0 aliphatic rings. The quantitative estimate of drug-likeness (QED) is 0.141. The summed E-state index contributed by atoms with van der Waals surface area (Å²) in [5, 5.41) is 0. The second-order valence-electron chi connectivity index (χ2n) is 9.35. The van der Waals surface area contributed by atoms with E-state index in [1.54, 1.807) is 0 Å². The van der Waals surface area contributed by atoms with Crippen molar-refractivity contribution in [3.8, 4) is 0 Å². The number of carbonyl (C=O) groups excluding carboxylic acids is 1. The number of hydrogen-bond acceptors (Lipinski definition) is 2. The lowest BCUT2D eigenvalue weighted by molar-refractivity contribution is -0.903. The van der Waals surface area contributed by atoms with Crippen LogP contribution in [0.3, 0.4) is 0 Å². The fourth-order valence-corrected chi connectivity index (χ4v) is 3.50. The van der Waals surface area contributed by atoms with Crippen LogP contribution in [0.25, 0.3) is 0 Å². The van der Waals surface area contributed by atoms with E-state index in [0.717, 1.165) is 17.6 Å². The van der Waals surface area contributed by atoms with E-state index in [0.29, 0.717) is 6.54 Å². The molecule has 0 heterocycles. The number of esters is 1. The van der Waals surface area contributed by atoms with Crippen LogP contribution in [0.4, 0.5) is 0 Å². The van der Waals surface area contributed by atoms with Gasteiger partial charge in [0.05, 0.1) is 20.1 Å². The van der Waals surface area contributed by atoms with Gasteiger partial charge in [-0.2, -0.15) is 0 Å². The number of unbranched alkanes of at least 4 members (excludes halogenated alkanes) is 10. The summed E-state index contributed by atoms with van der Waals surface area (Å²) in [6, 6.07) is 0. The second-order valence-corrected chi connectivity index (χ2v) is 9.35. The number of likely N-dealkylation sites (N-methyl/N-ethyl adjacent to an activating group) is 1. The Morgan fingerprint density at radius 3 is 1.48 bits per heavy atom. The molecule has 0 aromatic carbocycles. The Balaban J connectivity index is 0. The third-order valence-electron chi connectivity index (χ3n) is 5.03. The van der Waals surface area contributed by atoms with Gasteiger partial charge in [-0.15, -0.1) is 0 Å². The molecular formula is C23H48INO2. The van der Waals surface area contributed by atoms with E-state index in [-0.39, 0.29) is 35.5 Å². The first kappa shape index (κ1) is 29.4. The number of hydrogen-bond donors (Lipinski definition) is 0. The molecule has 0 atom stereocenters. The summed E-state index contributed by atoms with van der Waals surface area (Å²) in [6.07, 6.45) is 15.7. The average Bonchev–Trinajstić information content (AvgIpc) is 2.52. The minimum Gasteiger partial charge on any atom is -1.00 e. The van der Waals surface area contributed by atoms with E-state index < -0.39 is 0 Å². The molecule has 0 aliphatic heterocycles. The molecular weight excluding hydrogens is 449 g/mol. The van der Waals surface area contributed by atoms with Gasteiger partial charge in [0.15, 0.2) is 6.54 Å². The molecule has 0 rings (SSSR count). The molecule has 0 N–H and O–H groups in total. The van der Waals surface area contributed by atoms with Crippen molar-refractivity contribution in [1.82, 2.24) is 0 Å². The van der Waals surface area contributed by atoms with Crippen LogP contribution in [0, 0.1) is 0 Å². The second kappa shape index (κ2) is 17.1. The molecule has 0 saturated carbocycles. The fourth-order valence-electron chi connectivity index (χ4n) is 3.50. The third-order valence-corrected chi connectivity index (χ3v) is 5.03. The first-order chi connectivity index (χ1) is 12.2. The van der Waals surface area contributed by atoms with Crippen molar-refractivity contribution in [3.05, 3.63) is 0 Å². The van der Waals surface area contributed by atoms with E-state index in [2.05, 4.69) is 20.9 Å². The van der Waals surface area contributed by atoms with Crippen molar-refractivity contribution < 1.29 is 38.0 Å². The zero-order chi connectivity index (χ0) is 19.9. The number of quaternary nitrogens is 1. The first-order valence-electron chi connectivity index (χ1n) is 11.3. The van der Waals surface area contributed by atoms with Crippen LogP contribution in [0.2, 0.25) is 0 Å². The lowest BCUT2D eigenvalue weighted by Gasteiger charge is -2.35. The minimum absolute atomic E-state index is 0. The summed E-state index contributed by atoms with van der Waals surface area (Å²) >= 11 is 0. The Labute approximate surface area is 187 Å². The first-order valence-corrected chi connectivity index (χ1v) is 11.3. The molecule has 0 aliphatic carbocycles. The molecule has 27 heavy (non-hydrogen) atoms. The Kier molecular flexibility index (Phi) is 18.5. The monoisotopic (exact) mass is 497 g/mol. The van der Waals surface area contributed by atoms with E-state index in [1.807, 2.05) is 20.8 Å². The molecule has 0 radical (unpaired) electrons. The predicted molar refractivity (Wildman–Crippen MR) is 113 cm³/mol. The van der Waals surface area contributed by atoms with Crippen molar-refractivity contribution >= 4 is 5.97 Å². The maximum atomic E-state index is 12.4. The van der Waals surface area contributed by atoms with E-state index in [1.165, 1.54) is 77.0 Å². The largest absolute Gasteiger partial charge is 1.00 e. The van der Waals surface area contributed by atoms with Crippen LogP contribution >= 0.6 is 0 Å². The van der Waals surface area contributed by atoms with Crippen molar-refractivity contribution in [2.75, 3.05) is 26.7 Å². The van der Waals surface area contributed by atoms with Crippen LogP contribution < -0.4 is 24.0 Å². The van der Waals surface area contributed by atoms with Gasteiger partial charge in [0.25, 0.3) is 0 Å². The maximum absolute atomic E-state index is 12.4. The lowest BCUT2D eigenvalue weighted by Crippen LogP contribution is -3.00. The van der Waals surface area contributed by atoms with Gasteiger partial charge in [-0.25, -0.2) is 4.79 Å². The zero-order valence-corrected chi connectivity index (χ0v) is 21.4. The summed E-state index contributed by atoms with van der Waals surface area (Å²) in [5.74, 6) is -0.0445. The number of rotatable bonds is 16. The fraction of sp³-hybridized carbons (Fsp3) is 0.957. The van der Waals surface area contributed by atoms with Gasteiger partial charge in [0, 0.05) is 0 Å². The topological polar surface area (TPSA) is 26.3 Å². The summed E-state index contributed by atoms with van der Waals surface area (Å²) in [6.45, 7) is 13.1. The zero-order valence-electron chi connectivity index (χ0n) is 19.2. The summed E-state index contributed by atoms with van der Waals surface area (Å²) < 4.78 is 6.44. The van der Waals surface area contributed by atoms with Gasteiger partial charge in [0.1, 0.15) is 5.60 Å². The van der Waals surface area contributed by atoms with Crippen LogP contribution in [0.1, 0.15) is 112 Å². The Hall–Kier alpha value is 0.160. The normalized spacial score (nSPS) is 11.9. The van der Waals surface area contributed by atoms with E-state index in [9.17, 15) is 4.79 Å². The molecule has 164 valence electrons. The lowest BCUT2D eigenvalue weighted by atomic mass is 10.1. The highest BCUT2D eigenvalue weighted by Crippen LogP contribution is 2.15. The predicted octanol–water partition coefficient (Wildman–Crippen LogP) is 3.50. The Bertz CT molecular complexity index is 337. The Morgan fingerprint density at radius 2 is 1.11 bits per heavy atom.